The second kappa shape index (κ2) is 9.40. The highest BCUT2D eigenvalue weighted by atomic mass is 16.5. The minimum absolute atomic E-state index is 0.0738. The van der Waals surface area contributed by atoms with Gasteiger partial charge in [0.1, 0.15) is 19.0 Å². The van der Waals surface area contributed by atoms with Crippen molar-refractivity contribution in [1.82, 2.24) is 0 Å². The maximum absolute atomic E-state index is 8.59. The second-order valence-corrected chi connectivity index (χ2v) is 3.97. The molecule has 1 aromatic carbocycles. The van der Waals surface area contributed by atoms with Gasteiger partial charge in [-0.25, -0.2) is 0 Å². The molecule has 104 valence electrons. The number of hydrogen-bond donors (Lipinski definition) is 1. The van der Waals surface area contributed by atoms with E-state index in [2.05, 4.69) is 11.8 Å². The van der Waals surface area contributed by atoms with Crippen LogP contribution in [0, 0.1) is 11.8 Å². The van der Waals surface area contributed by atoms with Crippen LogP contribution in [0.15, 0.2) is 24.3 Å². The molecule has 0 radical (unpaired) electrons. The molecule has 0 saturated heterocycles. The molecule has 4 nitrogen and oxygen atoms in total. The first-order valence-electron chi connectivity index (χ1n) is 6.19. The summed E-state index contributed by atoms with van der Waals surface area (Å²) in [5, 5.41) is 8.59. The lowest BCUT2D eigenvalue weighted by Gasteiger charge is -2.12. The molecule has 0 spiro atoms. The van der Waals surface area contributed by atoms with Gasteiger partial charge in [-0.05, 0) is 31.2 Å². The molecule has 0 saturated carbocycles. The van der Waals surface area contributed by atoms with E-state index >= 15 is 0 Å². The molecule has 0 aliphatic rings. The van der Waals surface area contributed by atoms with E-state index in [9.17, 15) is 0 Å². The van der Waals surface area contributed by atoms with Crippen molar-refractivity contribution in [3.05, 3.63) is 29.8 Å². The molecule has 1 unspecified atom stereocenters. The van der Waals surface area contributed by atoms with Crippen LogP contribution in [0.2, 0.25) is 0 Å². The molecular weight excluding hydrogens is 244 g/mol. The zero-order valence-corrected chi connectivity index (χ0v) is 11.4. The zero-order chi connectivity index (χ0) is 13.9. The Morgan fingerprint density at radius 1 is 1.21 bits per heavy atom. The molecule has 4 heteroatoms. The monoisotopic (exact) mass is 264 g/mol. The summed E-state index contributed by atoms with van der Waals surface area (Å²) >= 11 is 0. The third-order valence-corrected chi connectivity index (χ3v) is 2.32. The molecule has 1 atom stereocenters. The number of rotatable bonds is 7. The van der Waals surface area contributed by atoms with Gasteiger partial charge >= 0.3 is 0 Å². The van der Waals surface area contributed by atoms with Crippen molar-refractivity contribution in [1.29, 1.82) is 0 Å². The molecule has 1 rings (SSSR count). The molecule has 0 bridgehead atoms. The van der Waals surface area contributed by atoms with E-state index in [0.717, 1.165) is 11.3 Å². The van der Waals surface area contributed by atoms with Gasteiger partial charge in [0.25, 0.3) is 0 Å². The van der Waals surface area contributed by atoms with Gasteiger partial charge in [-0.1, -0.05) is 11.8 Å². The molecular formula is C15H20O4. The Bertz CT molecular complexity index is 402. The first kappa shape index (κ1) is 15.5. The zero-order valence-electron chi connectivity index (χ0n) is 11.4. The van der Waals surface area contributed by atoms with E-state index in [1.165, 1.54) is 0 Å². The summed E-state index contributed by atoms with van der Waals surface area (Å²) in [6.45, 7) is 3.43. The predicted octanol–water partition coefficient (Wildman–Crippen LogP) is 1.46. The predicted molar refractivity (Wildman–Crippen MR) is 73.2 cm³/mol. The summed E-state index contributed by atoms with van der Waals surface area (Å²) in [6.07, 6.45) is 0.0738. The van der Waals surface area contributed by atoms with Crippen LogP contribution in [0.3, 0.4) is 0 Å². The molecule has 19 heavy (non-hydrogen) atoms. The highest BCUT2D eigenvalue weighted by molar-refractivity contribution is 5.38. The van der Waals surface area contributed by atoms with Gasteiger partial charge < -0.3 is 19.3 Å². The fraction of sp³-hybridized carbons (Fsp3) is 0.467. The van der Waals surface area contributed by atoms with Gasteiger partial charge in [-0.15, -0.1) is 0 Å². The van der Waals surface area contributed by atoms with Crippen molar-refractivity contribution in [3.63, 3.8) is 0 Å². The van der Waals surface area contributed by atoms with E-state index in [4.69, 9.17) is 19.3 Å². The average Bonchev–Trinajstić information content (AvgIpc) is 2.43. The van der Waals surface area contributed by atoms with Gasteiger partial charge in [0.2, 0.25) is 0 Å². The highest BCUT2D eigenvalue weighted by Gasteiger charge is 2.00. The first-order valence-corrected chi connectivity index (χ1v) is 6.19. The third-order valence-electron chi connectivity index (χ3n) is 2.32. The summed E-state index contributed by atoms with van der Waals surface area (Å²) < 4.78 is 16.0. The van der Waals surface area contributed by atoms with Crippen LogP contribution in [0.4, 0.5) is 0 Å². The number of aliphatic hydroxyl groups excluding tert-OH is 1. The normalized spacial score (nSPS) is 11.5. The summed E-state index contributed by atoms with van der Waals surface area (Å²) in [6, 6.07) is 7.40. The van der Waals surface area contributed by atoms with Crippen LogP contribution in [0.5, 0.6) is 5.75 Å². The van der Waals surface area contributed by atoms with Crippen molar-refractivity contribution in [3.8, 4) is 17.6 Å². The van der Waals surface area contributed by atoms with Crippen LogP contribution in [0.1, 0.15) is 12.5 Å². The number of benzene rings is 1. The van der Waals surface area contributed by atoms with E-state index in [1.54, 1.807) is 7.11 Å². The van der Waals surface area contributed by atoms with Crippen molar-refractivity contribution in [2.75, 3.05) is 33.5 Å². The van der Waals surface area contributed by atoms with Gasteiger partial charge in [0, 0.05) is 12.7 Å². The van der Waals surface area contributed by atoms with Crippen LogP contribution in [-0.4, -0.2) is 44.7 Å². The Morgan fingerprint density at radius 3 is 2.58 bits per heavy atom. The average molecular weight is 264 g/mol. The van der Waals surface area contributed by atoms with Gasteiger partial charge in [-0.3, -0.25) is 0 Å². The smallest absolute Gasteiger partial charge is 0.119 e. The first-order chi connectivity index (χ1) is 9.26. The Kier molecular flexibility index (Phi) is 7.68. The topological polar surface area (TPSA) is 47.9 Å². The van der Waals surface area contributed by atoms with Gasteiger partial charge in [-0.2, -0.15) is 0 Å². The molecule has 1 aromatic rings. The molecule has 0 aromatic heterocycles. The van der Waals surface area contributed by atoms with E-state index in [-0.39, 0.29) is 12.7 Å². The lowest BCUT2D eigenvalue weighted by atomic mass is 10.2. The Hall–Kier alpha value is -1.54. The molecule has 0 aliphatic heterocycles. The fourth-order valence-electron chi connectivity index (χ4n) is 1.47. The quantitative estimate of drug-likeness (QED) is 0.598. The van der Waals surface area contributed by atoms with Crippen molar-refractivity contribution < 1.29 is 19.3 Å². The Balaban J connectivity index is 2.26. The minimum atomic E-state index is -0.130. The van der Waals surface area contributed by atoms with Crippen LogP contribution in [-0.2, 0) is 9.47 Å². The summed E-state index contributed by atoms with van der Waals surface area (Å²) in [7, 11) is 1.65. The second-order valence-electron chi connectivity index (χ2n) is 3.97. The summed E-state index contributed by atoms with van der Waals surface area (Å²) in [5.41, 5.74) is 0.853. The maximum Gasteiger partial charge on any atom is 0.119 e. The third kappa shape index (κ3) is 6.82. The molecule has 0 fully saturated rings. The number of hydrogen-bond acceptors (Lipinski definition) is 4. The Morgan fingerprint density at radius 2 is 1.95 bits per heavy atom. The van der Waals surface area contributed by atoms with E-state index in [0.29, 0.717) is 19.8 Å². The number of methoxy groups -OCH3 is 1. The summed E-state index contributed by atoms with van der Waals surface area (Å²) in [4.78, 5) is 0. The standard InChI is InChI=1S/C15H20O4/c1-13(12-17-2)18-10-11-19-15-7-5-14(6-8-15)4-3-9-16/h5-8,13,16H,9-12H2,1-2H3. The van der Waals surface area contributed by atoms with Crippen molar-refractivity contribution >= 4 is 0 Å². The fourth-order valence-corrected chi connectivity index (χ4v) is 1.47. The van der Waals surface area contributed by atoms with Gasteiger partial charge in [0.05, 0.1) is 19.3 Å². The van der Waals surface area contributed by atoms with Gasteiger partial charge in [0.15, 0.2) is 0 Å². The van der Waals surface area contributed by atoms with Crippen LogP contribution >= 0.6 is 0 Å². The van der Waals surface area contributed by atoms with E-state index < -0.39 is 0 Å². The molecule has 0 aliphatic carbocycles. The lowest BCUT2D eigenvalue weighted by molar-refractivity contribution is -0.00214. The maximum atomic E-state index is 8.59. The van der Waals surface area contributed by atoms with Crippen LogP contribution in [0.25, 0.3) is 0 Å². The SMILES string of the molecule is COCC(C)OCCOc1ccc(C#CCO)cc1. The van der Waals surface area contributed by atoms with Crippen molar-refractivity contribution in [2.24, 2.45) is 0 Å². The number of aliphatic hydroxyl groups is 1. The molecule has 0 heterocycles. The lowest BCUT2D eigenvalue weighted by Crippen LogP contribution is -2.18. The Labute approximate surface area is 114 Å². The van der Waals surface area contributed by atoms with E-state index in [1.807, 2.05) is 31.2 Å². The van der Waals surface area contributed by atoms with Crippen molar-refractivity contribution in [2.45, 2.75) is 13.0 Å². The molecule has 0 amide bonds. The van der Waals surface area contributed by atoms with Crippen LogP contribution < -0.4 is 4.74 Å². The summed E-state index contributed by atoms with van der Waals surface area (Å²) in [5.74, 6) is 6.19. The largest absolute Gasteiger partial charge is 0.491 e. The minimum Gasteiger partial charge on any atom is -0.491 e. The highest BCUT2D eigenvalue weighted by Crippen LogP contribution is 2.11. The molecule has 1 N–H and O–H groups in total. The number of ether oxygens (including phenoxy) is 3.